The van der Waals surface area contributed by atoms with Crippen molar-refractivity contribution >= 4 is 46.6 Å². The molecule has 1 amide bonds. The number of methoxy groups -OCH3 is 2. The van der Waals surface area contributed by atoms with Crippen LogP contribution in [0.3, 0.4) is 0 Å². The van der Waals surface area contributed by atoms with Crippen LogP contribution in [0.4, 0.5) is 5.69 Å². The lowest BCUT2D eigenvalue weighted by atomic mass is 10.2. The predicted octanol–water partition coefficient (Wildman–Crippen LogP) is 5.19. The van der Waals surface area contributed by atoms with E-state index in [0.717, 1.165) is 5.56 Å². The van der Waals surface area contributed by atoms with Crippen molar-refractivity contribution in [2.75, 3.05) is 25.3 Å². The van der Waals surface area contributed by atoms with E-state index < -0.39 is 0 Å². The molecule has 0 atom stereocenters. The molecule has 1 heterocycles. The van der Waals surface area contributed by atoms with E-state index in [-0.39, 0.29) is 11.7 Å². The van der Waals surface area contributed by atoms with Crippen LogP contribution in [-0.4, -0.2) is 40.6 Å². The van der Waals surface area contributed by atoms with Crippen LogP contribution in [0.2, 0.25) is 10.0 Å². The van der Waals surface area contributed by atoms with Gasteiger partial charge in [-0.1, -0.05) is 41.0 Å². The van der Waals surface area contributed by atoms with Gasteiger partial charge in [-0.05, 0) is 36.4 Å². The fourth-order valence-electron chi connectivity index (χ4n) is 2.79. The second-order valence-electron chi connectivity index (χ2n) is 6.24. The van der Waals surface area contributed by atoms with E-state index in [9.17, 15) is 4.79 Å². The number of hydrogen-bond donors (Lipinski definition) is 1. The SMILES string of the molecule is C=CCn1c(SCC(=O)Nc2ccc(Cl)cc2Cl)nnc1-c1ccc(OC)c(OC)c1. The summed E-state index contributed by atoms with van der Waals surface area (Å²) in [4.78, 5) is 12.4. The largest absolute Gasteiger partial charge is 0.493 e. The third-order valence-electron chi connectivity index (χ3n) is 4.21. The lowest BCUT2D eigenvalue weighted by Crippen LogP contribution is -2.15. The molecule has 1 aromatic heterocycles. The molecule has 0 unspecified atom stereocenters. The van der Waals surface area contributed by atoms with Crippen molar-refractivity contribution in [2.24, 2.45) is 0 Å². The van der Waals surface area contributed by atoms with Gasteiger partial charge in [0.05, 0.1) is 30.7 Å². The summed E-state index contributed by atoms with van der Waals surface area (Å²) in [5.74, 6) is 1.73. The van der Waals surface area contributed by atoms with E-state index in [1.165, 1.54) is 11.8 Å². The number of nitrogens with one attached hydrogen (secondary N) is 1. The predicted molar refractivity (Wildman–Crippen MR) is 125 cm³/mol. The van der Waals surface area contributed by atoms with Gasteiger partial charge in [0, 0.05) is 17.1 Å². The maximum absolute atomic E-state index is 12.4. The Kier molecular flexibility index (Phi) is 7.84. The van der Waals surface area contributed by atoms with Crippen molar-refractivity contribution in [3.8, 4) is 22.9 Å². The summed E-state index contributed by atoms with van der Waals surface area (Å²) in [6.45, 7) is 4.28. The minimum Gasteiger partial charge on any atom is -0.493 e. The van der Waals surface area contributed by atoms with Crippen molar-refractivity contribution in [1.82, 2.24) is 14.8 Å². The van der Waals surface area contributed by atoms with Gasteiger partial charge in [0.2, 0.25) is 5.91 Å². The van der Waals surface area contributed by atoms with Crippen molar-refractivity contribution in [1.29, 1.82) is 0 Å². The molecule has 31 heavy (non-hydrogen) atoms. The standard InChI is InChI=1S/C21H20Cl2N4O3S/c1-4-9-27-20(13-5-8-17(29-2)18(10-13)30-3)25-26-21(27)31-12-19(28)24-16-7-6-14(22)11-15(16)23/h4-8,10-11H,1,9,12H2,2-3H3,(H,24,28). The molecule has 0 saturated heterocycles. The zero-order chi connectivity index (χ0) is 22.4. The van der Waals surface area contributed by atoms with Crippen LogP contribution in [0.1, 0.15) is 0 Å². The van der Waals surface area contributed by atoms with Gasteiger partial charge in [0.1, 0.15) is 0 Å². The number of nitrogens with zero attached hydrogens (tertiary/aromatic N) is 3. The van der Waals surface area contributed by atoms with E-state index >= 15 is 0 Å². The zero-order valence-corrected chi connectivity index (χ0v) is 19.2. The summed E-state index contributed by atoms with van der Waals surface area (Å²) in [6, 6.07) is 10.4. The Balaban J connectivity index is 1.77. The highest BCUT2D eigenvalue weighted by Gasteiger charge is 2.17. The number of benzene rings is 2. The van der Waals surface area contributed by atoms with Crippen molar-refractivity contribution < 1.29 is 14.3 Å². The molecule has 3 rings (SSSR count). The highest BCUT2D eigenvalue weighted by atomic mass is 35.5. The number of rotatable bonds is 9. The number of allylic oxidation sites excluding steroid dienone is 1. The first kappa shape index (κ1) is 23.0. The van der Waals surface area contributed by atoms with Crippen LogP contribution in [0.5, 0.6) is 11.5 Å². The van der Waals surface area contributed by atoms with Gasteiger partial charge in [-0.2, -0.15) is 0 Å². The van der Waals surface area contributed by atoms with Crippen LogP contribution in [0.25, 0.3) is 11.4 Å². The van der Waals surface area contributed by atoms with Gasteiger partial charge < -0.3 is 14.8 Å². The van der Waals surface area contributed by atoms with Crippen molar-refractivity contribution in [3.05, 3.63) is 59.1 Å². The molecular weight excluding hydrogens is 459 g/mol. The third kappa shape index (κ3) is 5.52. The smallest absolute Gasteiger partial charge is 0.234 e. The number of amides is 1. The summed E-state index contributed by atoms with van der Waals surface area (Å²) in [5.41, 5.74) is 1.30. The number of halogens is 2. The van der Waals surface area contributed by atoms with E-state index in [0.29, 0.717) is 44.8 Å². The molecule has 0 radical (unpaired) electrons. The highest BCUT2D eigenvalue weighted by Crippen LogP contribution is 2.33. The zero-order valence-electron chi connectivity index (χ0n) is 16.9. The average Bonchev–Trinajstić information content (AvgIpc) is 3.16. The molecule has 3 aromatic rings. The third-order valence-corrected chi connectivity index (χ3v) is 5.72. The van der Waals surface area contributed by atoms with Crippen LogP contribution >= 0.6 is 35.0 Å². The second-order valence-corrected chi connectivity index (χ2v) is 8.02. The number of ether oxygens (including phenoxy) is 2. The number of carbonyl (C=O) groups is 1. The van der Waals surface area contributed by atoms with Gasteiger partial charge >= 0.3 is 0 Å². The van der Waals surface area contributed by atoms with E-state index in [2.05, 4.69) is 22.1 Å². The first-order valence-electron chi connectivity index (χ1n) is 9.11. The lowest BCUT2D eigenvalue weighted by molar-refractivity contribution is -0.113. The topological polar surface area (TPSA) is 78.3 Å². The fourth-order valence-corrected chi connectivity index (χ4v) is 3.99. The van der Waals surface area contributed by atoms with Crippen LogP contribution < -0.4 is 14.8 Å². The van der Waals surface area contributed by atoms with Crippen LogP contribution in [0, 0.1) is 0 Å². The van der Waals surface area contributed by atoms with E-state index in [1.54, 1.807) is 44.6 Å². The maximum Gasteiger partial charge on any atom is 0.234 e. The Morgan fingerprint density at radius 2 is 1.94 bits per heavy atom. The molecule has 162 valence electrons. The number of thioether (sulfide) groups is 1. The molecule has 0 aliphatic rings. The Hall–Kier alpha value is -2.68. The van der Waals surface area contributed by atoms with Gasteiger partial charge in [-0.25, -0.2) is 0 Å². The number of hydrogen-bond acceptors (Lipinski definition) is 6. The second kappa shape index (κ2) is 10.6. The quantitative estimate of drug-likeness (QED) is 0.336. The molecule has 0 spiro atoms. The molecule has 0 bridgehead atoms. The lowest BCUT2D eigenvalue weighted by Gasteiger charge is -2.11. The summed E-state index contributed by atoms with van der Waals surface area (Å²) >= 11 is 13.3. The summed E-state index contributed by atoms with van der Waals surface area (Å²) < 4.78 is 12.5. The Morgan fingerprint density at radius 1 is 1.16 bits per heavy atom. The molecule has 7 nitrogen and oxygen atoms in total. The fraction of sp³-hybridized carbons (Fsp3) is 0.190. The summed E-state index contributed by atoms with van der Waals surface area (Å²) in [7, 11) is 3.15. The van der Waals surface area contributed by atoms with Crippen LogP contribution in [-0.2, 0) is 11.3 Å². The number of aromatic nitrogens is 3. The Morgan fingerprint density at radius 3 is 2.61 bits per heavy atom. The average molecular weight is 479 g/mol. The maximum atomic E-state index is 12.4. The van der Waals surface area contributed by atoms with Gasteiger partial charge in [-0.15, -0.1) is 16.8 Å². The Labute approximate surface area is 194 Å². The molecule has 1 N–H and O–H groups in total. The molecule has 0 aliphatic heterocycles. The first-order chi connectivity index (χ1) is 15.0. The summed E-state index contributed by atoms with van der Waals surface area (Å²) in [5, 5.41) is 12.8. The Bertz CT molecular complexity index is 1100. The van der Waals surface area contributed by atoms with E-state index in [1.807, 2.05) is 16.7 Å². The van der Waals surface area contributed by atoms with Crippen molar-refractivity contribution in [3.63, 3.8) is 0 Å². The van der Waals surface area contributed by atoms with Crippen molar-refractivity contribution in [2.45, 2.75) is 11.7 Å². The van der Waals surface area contributed by atoms with E-state index in [4.69, 9.17) is 32.7 Å². The molecule has 0 aliphatic carbocycles. The minimum atomic E-state index is -0.227. The molecule has 0 fully saturated rings. The minimum absolute atomic E-state index is 0.125. The molecule has 0 saturated carbocycles. The molecular formula is C21H20Cl2N4O3S. The number of carbonyl (C=O) groups excluding carboxylic acids is 1. The molecule has 2 aromatic carbocycles. The van der Waals surface area contributed by atoms with Gasteiger partial charge in [0.25, 0.3) is 0 Å². The summed E-state index contributed by atoms with van der Waals surface area (Å²) in [6.07, 6.45) is 1.74. The highest BCUT2D eigenvalue weighted by molar-refractivity contribution is 7.99. The number of anilines is 1. The monoisotopic (exact) mass is 478 g/mol. The molecule has 10 heteroatoms. The van der Waals surface area contributed by atoms with Gasteiger partial charge in [0.15, 0.2) is 22.5 Å². The normalized spacial score (nSPS) is 10.6. The first-order valence-corrected chi connectivity index (χ1v) is 10.8. The van der Waals surface area contributed by atoms with Gasteiger partial charge in [-0.3, -0.25) is 9.36 Å². The van der Waals surface area contributed by atoms with Crippen LogP contribution in [0.15, 0.2) is 54.2 Å².